The minimum absolute atomic E-state index is 0.0112. The highest BCUT2D eigenvalue weighted by molar-refractivity contribution is 5.73. The monoisotopic (exact) mass is 352 g/mol. The van der Waals surface area contributed by atoms with Gasteiger partial charge in [0.1, 0.15) is 6.61 Å². The third-order valence-corrected chi connectivity index (χ3v) is 3.57. The summed E-state index contributed by atoms with van der Waals surface area (Å²) in [6.07, 6.45) is 2.47. The summed E-state index contributed by atoms with van der Waals surface area (Å²) < 4.78 is 10.4. The average molecular weight is 352 g/mol. The zero-order chi connectivity index (χ0) is 18.8. The average Bonchev–Trinajstić information content (AvgIpc) is 2.61. The van der Waals surface area contributed by atoms with Crippen molar-refractivity contribution in [1.82, 2.24) is 10.3 Å². The van der Waals surface area contributed by atoms with Crippen LogP contribution in [0.3, 0.4) is 0 Å². The Morgan fingerprint density at radius 2 is 1.88 bits per heavy atom. The third-order valence-electron chi connectivity index (χ3n) is 3.57. The molecular weight excluding hydrogens is 328 g/mol. The molecule has 1 unspecified atom stereocenters. The highest BCUT2D eigenvalue weighted by atomic mass is 16.5. The van der Waals surface area contributed by atoms with E-state index in [2.05, 4.69) is 22.1 Å². The molecule has 1 aromatic carbocycles. The summed E-state index contributed by atoms with van der Waals surface area (Å²) in [4.78, 5) is 15.2. The molecule has 2 rings (SSSR count). The van der Waals surface area contributed by atoms with Crippen molar-refractivity contribution in [3.63, 3.8) is 0 Å². The van der Waals surface area contributed by atoms with Crippen LogP contribution < -0.4 is 10.1 Å². The molecule has 0 aliphatic rings. The molecule has 0 fully saturated rings. The first-order chi connectivity index (χ1) is 12.6. The van der Waals surface area contributed by atoms with Crippen LogP contribution >= 0.6 is 0 Å². The van der Waals surface area contributed by atoms with E-state index in [-0.39, 0.29) is 11.9 Å². The maximum Gasteiger partial charge on any atom is 0.217 e. The van der Waals surface area contributed by atoms with Crippen molar-refractivity contribution in [1.29, 1.82) is 0 Å². The van der Waals surface area contributed by atoms with Gasteiger partial charge in [-0.3, -0.25) is 4.79 Å². The van der Waals surface area contributed by atoms with Gasteiger partial charge in [0.15, 0.2) is 0 Å². The van der Waals surface area contributed by atoms with Crippen LogP contribution in [0, 0.1) is 11.8 Å². The number of rotatable bonds is 7. The summed E-state index contributed by atoms with van der Waals surface area (Å²) in [5, 5.41) is 2.88. The van der Waals surface area contributed by atoms with Crippen LogP contribution in [0.4, 0.5) is 0 Å². The minimum Gasteiger partial charge on any atom is -0.475 e. The van der Waals surface area contributed by atoms with Crippen molar-refractivity contribution in [3.8, 4) is 17.7 Å². The number of methoxy groups -OCH3 is 1. The van der Waals surface area contributed by atoms with Crippen molar-refractivity contribution in [2.45, 2.75) is 26.3 Å². The molecule has 26 heavy (non-hydrogen) atoms. The number of hydrogen-bond donors (Lipinski definition) is 1. The first kappa shape index (κ1) is 19.5. The van der Waals surface area contributed by atoms with Crippen LogP contribution in [-0.2, 0) is 16.0 Å². The standard InChI is InChI=1S/C21H24N2O3/c1-16(23-17(2)24)14-19-7-4-18(5-8-19)6-9-20-10-11-22-21(15-20)26-13-12-25-3/h4-5,7-8,10-11,15-16H,12-14H2,1-3H3,(H,23,24). The predicted octanol–water partition coefficient (Wildman–Crippen LogP) is 2.57. The molecule has 0 saturated carbocycles. The highest BCUT2D eigenvalue weighted by Gasteiger charge is 2.04. The number of nitrogens with zero attached hydrogens (tertiary/aromatic N) is 1. The Morgan fingerprint density at radius 1 is 1.15 bits per heavy atom. The third kappa shape index (κ3) is 6.96. The van der Waals surface area contributed by atoms with Crippen LogP contribution in [0.1, 0.15) is 30.5 Å². The summed E-state index contributed by atoms with van der Waals surface area (Å²) in [6.45, 7) is 4.50. The van der Waals surface area contributed by atoms with E-state index in [9.17, 15) is 4.79 Å². The van der Waals surface area contributed by atoms with E-state index in [1.165, 1.54) is 6.92 Å². The number of aromatic nitrogens is 1. The first-order valence-corrected chi connectivity index (χ1v) is 8.52. The fourth-order valence-corrected chi connectivity index (χ4v) is 2.42. The smallest absolute Gasteiger partial charge is 0.217 e. The summed E-state index contributed by atoms with van der Waals surface area (Å²) in [5.41, 5.74) is 2.94. The molecular formula is C21H24N2O3. The van der Waals surface area contributed by atoms with Gasteiger partial charge < -0.3 is 14.8 Å². The predicted molar refractivity (Wildman–Crippen MR) is 101 cm³/mol. The Balaban J connectivity index is 1.97. The second-order valence-electron chi connectivity index (χ2n) is 5.98. The van der Waals surface area contributed by atoms with Crippen molar-refractivity contribution < 1.29 is 14.3 Å². The maximum atomic E-state index is 11.1. The van der Waals surface area contributed by atoms with Gasteiger partial charge in [0, 0.05) is 43.5 Å². The summed E-state index contributed by atoms with van der Waals surface area (Å²) in [7, 11) is 1.63. The normalized spacial score (nSPS) is 11.2. The molecule has 1 aromatic heterocycles. The Morgan fingerprint density at radius 3 is 2.58 bits per heavy atom. The lowest BCUT2D eigenvalue weighted by atomic mass is 10.1. The molecule has 0 bridgehead atoms. The van der Waals surface area contributed by atoms with Gasteiger partial charge in [0.05, 0.1) is 6.61 Å². The number of ether oxygens (including phenoxy) is 2. The van der Waals surface area contributed by atoms with Gasteiger partial charge in [-0.25, -0.2) is 4.98 Å². The second-order valence-corrected chi connectivity index (χ2v) is 5.98. The Hall–Kier alpha value is -2.84. The molecule has 0 spiro atoms. The zero-order valence-corrected chi connectivity index (χ0v) is 15.4. The summed E-state index contributed by atoms with van der Waals surface area (Å²) in [6, 6.07) is 11.8. The van der Waals surface area contributed by atoms with Gasteiger partial charge in [-0.15, -0.1) is 0 Å². The molecule has 1 heterocycles. The van der Waals surface area contributed by atoms with E-state index in [1.807, 2.05) is 43.3 Å². The maximum absolute atomic E-state index is 11.1. The lowest BCUT2D eigenvalue weighted by Gasteiger charge is -2.12. The topological polar surface area (TPSA) is 60.5 Å². The first-order valence-electron chi connectivity index (χ1n) is 8.52. The molecule has 1 N–H and O–H groups in total. The van der Waals surface area contributed by atoms with Crippen LogP contribution in [0.2, 0.25) is 0 Å². The SMILES string of the molecule is COCCOc1cc(C#Cc2ccc(CC(C)NC(C)=O)cc2)ccn1. The van der Waals surface area contributed by atoms with Crippen LogP contribution in [-0.4, -0.2) is 37.3 Å². The van der Waals surface area contributed by atoms with Gasteiger partial charge in [-0.2, -0.15) is 0 Å². The number of hydrogen-bond acceptors (Lipinski definition) is 4. The number of nitrogens with one attached hydrogen (secondary N) is 1. The second kappa shape index (κ2) is 10.2. The van der Waals surface area contributed by atoms with E-state index in [0.717, 1.165) is 23.1 Å². The summed E-state index contributed by atoms with van der Waals surface area (Å²) in [5.74, 6) is 6.79. The lowest BCUT2D eigenvalue weighted by Crippen LogP contribution is -2.31. The van der Waals surface area contributed by atoms with Gasteiger partial charge in [-0.05, 0) is 37.1 Å². The lowest BCUT2D eigenvalue weighted by molar-refractivity contribution is -0.119. The van der Waals surface area contributed by atoms with Crippen molar-refractivity contribution >= 4 is 5.91 Å². The number of pyridine rings is 1. The van der Waals surface area contributed by atoms with Gasteiger partial charge in [0.2, 0.25) is 11.8 Å². The molecule has 0 aliphatic carbocycles. The van der Waals surface area contributed by atoms with Gasteiger partial charge >= 0.3 is 0 Å². The fraction of sp³-hybridized carbons (Fsp3) is 0.333. The number of carbonyl (C=O) groups is 1. The van der Waals surface area contributed by atoms with E-state index < -0.39 is 0 Å². The molecule has 2 aromatic rings. The molecule has 0 saturated heterocycles. The molecule has 5 nitrogen and oxygen atoms in total. The van der Waals surface area contributed by atoms with Gasteiger partial charge in [-0.1, -0.05) is 24.0 Å². The van der Waals surface area contributed by atoms with Crippen molar-refractivity contribution in [2.24, 2.45) is 0 Å². The molecule has 0 radical (unpaired) electrons. The van der Waals surface area contributed by atoms with E-state index in [0.29, 0.717) is 19.1 Å². The Labute approximate surface area is 154 Å². The Bertz CT molecular complexity index is 776. The molecule has 1 atom stereocenters. The van der Waals surface area contributed by atoms with E-state index in [1.54, 1.807) is 13.3 Å². The number of carbonyl (C=O) groups excluding carboxylic acids is 1. The fourth-order valence-electron chi connectivity index (χ4n) is 2.42. The van der Waals surface area contributed by atoms with Crippen LogP contribution in [0.5, 0.6) is 5.88 Å². The number of amides is 1. The van der Waals surface area contributed by atoms with Crippen molar-refractivity contribution in [3.05, 3.63) is 59.3 Å². The highest BCUT2D eigenvalue weighted by Crippen LogP contribution is 2.10. The molecule has 1 amide bonds. The Kier molecular flexibility index (Phi) is 7.66. The minimum atomic E-state index is -0.0112. The molecule has 5 heteroatoms. The largest absolute Gasteiger partial charge is 0.475 e. The zero-order valence-electron chi connectivity index (χ0n) is 15.4. The van der Waals surface area contributed by atoms with E-state index >= 15 is 0 Å². The quantitative estimate of drug-likeness (QED) is 0.615. The van der Waals surface area contributed by atoms with Crippen molar-refractivity contribution in [2.75, 3.05) is 20.3 Å². The number of benzene rings is 1. The molecule has 0 aliphatic heterocycles. The van der Waals surface area contributed by atoms with Gasteiger partial charge in [0.25, 0.3) is 0 Å². The summed E-state index contributed by atoms with van der Waals surface area (Å²) >= 11 is 0. The van der Waals surface area contributed by atoms with Crippen LogP contribution in [0.15, 0.2) is 42.6 Å². The van der Waals surface area contributed by atoms with Crippen LogP contribution in [0.25, 0.3) is 0 Å². The molecule has 136 valence electrons. The van der Waals surface area contributed by atoms with E-state index in [4.69, 9.17) is 9.47 Å².